The Morgan fingerprint density at radius 2 is 2.17 bits per heavy atom. The second-order valence-corrected chi connectivity index (χ2v) is 6.72. The Bertz CT molecular complexity index is 609. The van der Waals surface area contributed by atoms with E-state index < -0.39 is 23.8 Å². The highest BCUT2D eigenvalue weighted by molar-refractivity contribution is 7.13. The van der Waals surface area contributed by atoms with Crippen LogP contribution in [0.15, 0.2) is 10.5 Å². The van der Waals surface area contributed by atoms with Crippen molar-refractivity contribution in [2.45, 2.75) is 45.8 Å². The van der Waals surface area contributed by atoms with Gasteiger partial charge in [0.25, 0.3) is 0 Å². The van der Waals surface area contributed by atoms with Crippen molar-refractivity contribution in [2.24, 2.45) is 5.16 Å². The Hall–Kier alpha value is -2.36. The molecule has 0 aliphatic heterocycles. The number of nitrogens with two attached hydrogens (primary N) is 1. The first-order valence-electron chi connectivity index (χ1n) is 7.27. The number of carbonyl (C=O) groups excluding carboxylic acids is 1. The lowest BCUT2D eigenvalue weighted by Gasteiger charge is -2.21. The molecule has 134 valence electrons. The first-order valence-corrected chi connectivity index (χ1v) is 8.15. The number of anilines is 1. The second-order valence-electron chi connectivity index (χ2n) is 5.83. The minimum atomic E-state index is -1.28. The summed E-state index contributed by atoms with van der Waals surface area (Å²) in [6.45, 7) is 7.20. The molecule has 1 rings (SSSR count). The number of carboxylic acid groups (broad SMARTS) is 1. The number of oxime groups is 1. The molecule has 1 unspecified atom stereocenters. The van der Waals surface area contributed by atoms with Crippen molar-refractivity contribution in [3.8, 4) is 0 Å². The van der Waals surface area contributed by atoms with E-state index in [0.29, 0.717) is 6.42 Å². The van der Waals surface area contributed by atoms with E-state index >= 15 is 0 Å². The number of ether oxygens (including phenoxy) is 1. The van der Waals surface area contributed by atoms with Crippen LogP contribution in [-0.2, 0) is 14.4 Å². The van der Waals surface area contributed by atoms with Crippen LogP contribution in [0.4, 0.5) is 9.93 Å². The van der Waals surface area contributed by atoms with Gasteiger partial charge in [0.1, 0.15) is 17.4 Å². The lowest BCUT2D eigenvalue weighted by Crippen LogP contribution is -2.37. The van der Waals surface area contributed by atoms with Gasteiger partial charge < -0.3 is 25.7 Å². The summed E-state index contributed by atoms with van der Waals surface area (Å²) < 4.78 is 5.11. The lowest BCUT2D eigenvalue weighted by atomic mass is 10.2. The summed E-state index contributed by atoms with van der Waals surface area (Å²) in [4.78, 5) is 31.9. The molecule has 1 heterocycles. The van der Waals surface area contributed by atoms with E-state index in [2.05, 4.69) is 15.5 Å². The molecule has 0 spiro atoms. The Morgan fingerprint density at radius 3 is 2.62 bits per heavy atom. The number of aromatic nitrogens is 1. The van der Waals surface area contributed by atoms with Crippen LogP contribution >= 0.6 is 11.3 Å². The van der Waals surface area contributed by atoms with Gasteiger partial charge in [0.2, 0.25) is 5.71 Å². The molecule has 0 aliphatic carbocycles. The zero-order valence-electron chi connectivity index (χ0n) is 14.0. The number of nitrogen functional groups attached to an aromatic ring is 1. The minimum Gasteiger partial charge on any atom is -0.476 e. The van der Waals surface area contributed by atoms with Gasteiger partial charge >= 0.3 is 12.1 Å². The summed E-state index contributed by atoms with van der Waals surface area (Å²) in [5, 5.41) is 17.1. The van der Waals surface area contributed by atoms with Crippen molar-refractivity contribution in [3.05, 3.63) is 11.1 Å². The minimum absolute atomic E-state index is 0.125. The molecule has 1 amide bonds. The summed E-state index contributed by atoms with van der Waals surface area (Å²) in [6, 6.07) is 0. The van der Waals surface area contributed by atoms with Crippen molar-refractivity contribution in [1.82, 2.24) is 10.3 Å². The Kier molecular flexibility index (Phi) is 6.96. The second kappa shape index (κ2) is 8.48. The van der Waals surface area contributed by atoms with E-state index in [0.717, 1.165) is 11.3 Å². The van der Waals surface area contributed by atoms with Crippen LogP contribution in [0, 0.1) is 0 Å². The molecule has 1 atom stereocenters. The first-order chi connectivity index (χ1) is 11.1. The third-order valence-electron chi connectivity index (χ3n) is 2.59. The number of nitrogens with zero attached hydrogens (tertiary/aromatic N) is 2. The fourth-order valence-corrected chi connectivity index (χ4v) is 2.03. The van der Waals surface area contributed by atoms with Crippen molar-refractivity contribution in [3.63, 3.8) is 0 Å². The molecule has 9 nitrogen and oxygen atoms in total. The maximum absolute atomic E-state index is 11.6. The molecule has 0 saturated heterocycles. The Morgan fingerprint density at radius 1 is 1.50 bits per heavy atom. The Labute approximate surface area is 143 Å². The number of amides is 1. The molecular weight excluding hydrogens is 336 g/mol. The number of nitrogens with one attached hydrogen (secondary N) is 1. The number of hydrogen-bond donors (Lipinski definition) is 3. The number of hydrogen-bond acceptors (Lipinski definition) is 8. The summed E-state index contributed by atoms with van der Waals surface area (Å²) >= 11 is 1.10. The number of carboxylic acids is 1. The fourth-order valence-electron chi connectivity index (χ4n) is 1.49. The van der Waals surface area contributed by atoms with Gasteiger partial charge in [-0.3, -0.25) is 0 Å². The molecule has 0 bridgehead atoms. The monoisotopic (exact) mass is 358 g/mol. The topological polar surface area (TPSA) is 136 Å². The fraction of sp³-hybridized carbons (Fsp3) is 0.571. The zero-order valence-corrected chi connectivity index (χ0v) is 14.8. The Balaban J connectivity index is 2.66. The van der Waals surface area contributed by atoms with E-state index in [1.54, 1.807) is 20.8 Å². The predicted molar refractivity (Wildman–Crippen MR) is 90.1 cm³/mol. The number of aliphatic carboxylic acids is 1. The average Bonchev–Trinajstić information content (AvgIpc) is 2.86. The third-order valence-corrected chi connectivity index (χ3v) is 3.26. The van der Waals surface area contributed by atoms with Gasteiger partial charge in [-0.05, 0) is 27.2 Å². The van der Waals surface area contributed by atoms with Crippen LogP contribution in [0.1, 0.15) is 39.8 Å². The predicted octanol–water partition coefficient (Wildman–Crippen LogP) is 1.83. The third kappa shape index (κ3) is 6.82. The molecule has 10 heteroatoms. The number of rotatable bonds is 7. The van der Waals surface area contributed by atoms with Crippen molar-refractivity contribution < 1.29 is 24.3 Å². The van der Waals surface area contributed by atoms with Gasteiger partial charge in [0.15, 0.2) is 5.13 Å². The molecule has 4 N–H and O–H groups in total. The maximum atomic E-state index is 11.6. The molecule has 0 saturated carbocycles. The molecule has 0 fully saturated rings. The van der Waals surface area contributed by atoms with Gasteiger partial charge in [-0.1, -0.05) is 12.1 Å². The first kappa shape index (κ1) is 19.7. The molecule has 1 aromatic heterocycles. The highest BCUT2D eigenvalue weighted by atomic mass is 32.1. The highest BCUT2D eigenvalue weighted by Gasteiger charge is 2.20. The van der Waals surface area contributed by atoms with Crippen LogP contribution in [-0.4, -0.2) is 46.1 Å². The van der Waals surface area contributed by atoms with Crippen LogP contribution in [0.2, 0.25) is 0 Å². The normalized spacial score (nSPS) is 13.2. The molecule has 0 aromatic carbocycles. The molecule has 24 heavy (non-hydrogen) atoms. The highest BCUT2D eigenvalue weighted by Crippen LogP contribution is 2.13. The van der Waals surface area contributed by atoms with E-state index in [9.17, 15) is 14.7 Å². The lowest BCUT2D eigenvalue weighted by molar-refractivity contribution is -0.129. The average molecular weight is 358 g/mol. The molecule has 0 radical (unpaired) electrons. The van der Waals surface area contributed by atoms with E-state index in [1.807, 2.05) is 6.92 Å². The standard InChI is InChI=1S/C14H22N4O5S/c1-5-8(6-16-13(21)22-14(2,3)4)23-18-10(11(19)20)9-7-24-12(15)17-9/h7-8H,5-6H2,1-4H3,(H2,15,17)(H,16,21)(H,19,20)/b18-10+. The molecule has 0 aliphatic rings. The van der Waals surface area contributed by atoms with Crippen molar-refractivity contribution in [2.75, 3.05) is 12.3 Å². The van der Waals surface area contributed by atoms with E-state index in [1.165, 1.54) is 5.38 Å². The number of thiazole rings is 1. The van der Waals surface area contributed by atoms with Gasteiger partial charge in [0.05, 0.1) is 6.54 Å². The summed E-state index contributed by atoms with van der Waals surface area (Å²) in [5.74, 6) is -1.28. The summed E-state index contributed by atoms with van der Waals surface area (Å²) in [7, 11) is 0. The van der Waals surface area contributed by atoms with Crippen LogP contribution < -0.4 is 11.1 Å². The van der Waals surface area contributed by atoms with Gasteiger partial charge in [-0.25, -0.2) is 14.6 Å². The molecular formula is C14H22N4O5S. The van der Waals surface area contributed by atoms with E-state index in [4.69, 9.17) is 15.3 Å². The van der Waals surface area contributed by atoms with Crippen LogP contribution in [0.5, 0.6) is 0 Å². The summed E-state index contributed by atoms with van der Waals surface area (Å²) in [6.07, 6.45) is -0.590. The van der Waals surface area contributed by atoms with Crippen molar-refractivity contribution >= 4 is 34.2 Å². The maximum Gasteiger partial charge on any atom is 0.407 e. The number of alkyl carbamates (subject to hydrolysis) is 1. The molecule has 1 aromatic rings. The number of carbonyl (C=O) groups is 2. The van der Waals surface area contributed by atoms with Crippen molar-refractivity contribution in [1.29, 1.82) is 0 Å². The quantitative estimate of drug-likeness (QED) is 0.499. The summed E-state index contributed by atoms with van der Waals surface area (Å²) in [5.41, 5.74) is 4.66. The van der Waals surface area contributed by atoms with Gasteiger partial charge in [-0.2, -0.15) is 0 Å². The SMILES string of the molecule is CCC(CNC(=O)OC(C)(C)C)O/N=C(/C(=O)O)c1csc(N)n1. The largest absolute Gasteiger partial charge is 0.476 e. The van der Waals surface area contributed by atoms with E-state index in [-0.39, 0.29) is 23.1 Å². The van der Waals surface area contributed by atoms with Gasteiger partial charge in [0, 0.05) is 5.38 Å². The zero-order chi connectivity index (χ0) is 18.3. The smallest absolute Gasteiger partial charge is 0.407 e. The van der Waals surface area contributed by atoms with Gasteiger partial charge in [-0.15, -0.1) is 11.3 Å². The van der Waals surface area contributed by atoms with Crippen LogP contribution in [0.25, 0.3) is 0 Å². The van der Waals surface area contributed by atoms with Crippen LogP contribution in [0.3, 0.4) is 0 Å².